The summed E-state index contributed by atoms with van der Waals surface area (Å²) in [5.41, 5.74) is 9.60. The number of likely N-dealkylation sites (tertiary alicyclic amines) is 1. The minimum atomic E-state index is -0.865. The molecule has 0 radical (unpaired) electrons. The Labute approximate surface area is 222 Å². The molecule has 1 aromatic heterocycles. The van der Waals surface area contributed by atoms with E-state index in [2.05, 4.69) is 15.3 Å². The first-order valence-electron chi connectivity index (χ1n) is 12.5. The standard InChI is InChI=1S/C27H37N5O4S/c1-16(18-8-10-19(11-9-18)23-17(2)29-15-37-23)30-25(35)21-13-20(33)14-32(21)26(36)24(27(3,4)5)31-22(34)7-6-12-28/h8-11,15-16,20-21,33H,6-7,12-14,28H2,1-5H3,(H,30,35)/t16-,20+,21-/m0/s1. The maximum atomic E-state index is 13.5. The lowest BCUT2D eigenvalue weighted by molar-refractivity contribution is -0.134. The zero-order valence-corrected chi connectivity index (χ0v) is 23.0. The highest BCUT2D eigenvalue weighted by molar-refractivity contribution is 7.13. The van der Waals surface area contributed by atoms with Crippen LogP contribution in [0.2, 0.25) is 0 Å². The average molecular weight is 528 g/mol. The topological polar surface area (TPSA) is 138 Å². The Balaban J connectivity index is 1.75. The van der Waals surface area contributed by atoms with Crippen LogP contribution in [0.3, 0.4) is 0 Å². The molecule has 9 nitrogen and oxygen atoms in total. The van der Waals surface area contributed by atoms with Gasteiger partial charge in [-0.2, -0.15) is 0 Å². The van der Waals surface area contributed by atoms with Gasteiger partial charge in [-0.25, -0.2) is 9.98 Å². The lowest BCUT2D eigenvalue weighted by atomic mass is 9.88. The van der Waals surface area contributed by atoms with Crippen LogP contribution in [0.4, 0.5) is 0 Å². The van der Waals surface area contributed by atoms with Crippen LogP contribution in [0.15, 0.2) is 34.8 Å². The van der Waals surface area contributed by atoms with E-state index in [1.807, 2.05) is 43.6 Å². The number of carbonyl (C=O) groups excluding carboxylic acids is 3. The van der Waals surface area contributed by atoms with E-state index in [9.17, 15) is 19.5 Å². The fourth-order valence-corrected chi connectivity index (χ4v) is 5.10. The highest BCUT2D eigenvalue weighted by Gasteiger charge is 2.42. The summed E-state index contributed by atoms with van der Waals surface area (Å²) in [5.74, 6) is -1.29. The summed E-state index contributed by atoms with van der Waals surface area (Å²) < 4.78 is 0. The molecule has 4 N–H and O–H groups in total. The van der Waals surface area contributed by atoms with E-state index < -0.39 is 29.4 Å². The number of aliphatic hydroxyl groups is 1. The summed E-state index contributed by atoms with van der Waals surface area (Å²) in [7, 11) is 0. The van der Waals surface area contributed by atoms with E-state index in [1.54, 1.807) is 32.1 Å². The maximum Gasteiger partial charge on any atom is 0.269 e. The molecule has 1 saturated heterocycles. The predicted octanol–water partition coefficient (Wildman–Crippen LogP) is 3.01. The second-order valence-corrected chi connectivity index (χ2v) is 11.3. The minimum Gasteiger partial charge on any atom is -0.391 e. The van der Waals surface area contributed by atoms with Crippen LogP contribution < -0.4 is 11.1 Å². The summed E-state index contributed by atoms with van der Waals surface area (Å²) in [6.07, 6.45) is -0.100. The van der Waals surface area contributed by atoms with E-state index >= 15 is 0 Å². The number of nitrogens with one attached hydrogen (secondary N) is 1. The van der Waals surface area contributed by atoms with Crippen molar-refractivity contribution in [2.45, 2.75) is 72.1 Å². The molecule has 1 aliphatic heterocycles. The Morgan fingerprint density at radius 2 is 1.95 bits per heavy atom. The third-order valence-corrected chi connectivity index (χ3v) is 7.34. The Morgan fingerprint density at radius 3 is 2.51 bits per heavy atom. The molecule has 3 rings (SSSR count). The van der Waals surface area contributed by atoms with Crippen LogP contribution in [-0.2, 0) is 14.4 Å². The monoisotopic (exact) mass is 527 g/mol. The van der Waals surface area contributed by atoms with Gasteiger partial charge in [-0.15, -0.1) is 11.3 Å². The van der Waals surface area contributed by atoms with Crippen molar-refractivity contribution < 1.29 is 19.5 Å². The van der Waals surface area contributed by atoms with Gasteiger partial charge in [0.15, 0.2) is 0 Å². The molecule has 2 aromatic rings. The molecule has 0 aliphatic carbocycles. The number of aliphatic hydroxyl groups excluding tert-OH is 1. The van der Waals surface area contributed by atoms with Gasteiger partial charge in [0.1, 0.15) is 11.8 Å². The second-order valence-electron chi connectivity index (χ2n) is 10.5. The molecular weight excluding hydrogens is 490 g/mol. The number of β-amino-alcohol motifs (C(OH)–C–C–N with tert-alkyl or cyclic N) is 1. The number of thiazole rings is 1. The molecule has 3 amide bonds. The van der Waals surface area contributed by atoms with Gasteiger partial charge < -0.3 is 21.1 Å². The van der Waals surface area contributed by atoms with Gasteiger partial charge in [0.05, 0.1) is 28.2 Å². The van der Waals surface area contributed by atoms with Gasteiger partial charge >= 0.3 is 0 Å². The number of aliphatic imine (C=N–C) groups is 1. The van der Waals surface area contributed by atoms with Crippen molar-refractivity contribution in [2.75, 3.05) is 13.1 Å². The number of rotatable bonds is 8. The first kappa shape index (κ1) is 28.6. The largest absolute Gasteiger partial charge is 0.391 e. The fourth-order valence-electron chi connectivity index (χ4n) is 4.29. The van der Waals surface area contributed by atoms with Gasteiger partial charge in [-0.05, 0) is 37.9 Å². The van der Waals surface area contributed by atoms with Crippen molar-refractivity contribution in [1.29, 1.82) is 0 Å². The molecule has 37 heavy (non-hydrogen) atoms. The number of benzene rings is 1. The summed E-state index contributed by atoms with van der Waals surface area (Å²) in [6.45, 7) is 9.58. The Kier molecular flexibility index (Phi) is 9.33. The normalized spacial score (nSPS) is 19.1. The molecule has 200 valence electrons. The number of aromatic nitrogens is 1. The van der Waals surface area contributed by atoms with Gasteiger partial charge in [-0.1, -0.05) is 45.0 Å². The highest BCUT2D eigenvalue weighted by atomic mass is 32.1. The van der Waals surface area contributed by atoms with Crippen LogP contribution in [0.1, 0.15) is 64.3 Å². The quantitative estimate of drug-likeness (QED) is 0.451. The van der Waals surface area contributed by atoms with E-state index in [4.69, 9.17) is 5.73 Å². The highest BCUT2D eigenvalue weighted by Crippen LogP contribution is 2.29. The van der Waals surface area contributed by atoms with E-state index in [1.165, 1.54) is 4.90 Å². The molecule has 0 saturated carbocycles. The van der Waals surface area contributed by atoms with Crippen LogP contribution in [0, 0.1) is 12.3 Å². The number of nitrogens with two attached hydrogens (primary N) is 1. The molecule has 1 fully saturated rings. The Bertz CT molecular complexity index is 1150. The van der Waals surface area contributed by atoms with Crippen LogP contribution in [0.5, 0.6) is 0 Å². The lowest BCUT2D eigenvalue weighted by Crippen LogP contribution is -2.50. The molecule has 2 heterocycles. The Morgan fingerprint density at radius 1 is 1.27 bits per heavy atom. The first-order chi connectivity index (χ1) is 17.4. The van der Waals surface area contributed by atoms with Gasteiger partial charge in [0.2, 0.25) is 11.8 Å². The van der Waals surface area contributed by atoms with Gasteiger partial charge in [0, 0.05) is 24.8 Å². The van der Waals surface area contributed by atoms with Crippen molar-refractivity contribution in [3.05, 3.63) is 41.0 Å². The number of aryl methyl sites for hydroxylation is 1. The third-order valence-electron chi connectivity index (χ3n) is 6.36. The number of hydrogen-bond acceptors (Lipinski definition) is 7. The van der Waals surface area contributed by atoms with Gasteiger partial charge in [-0.3, -0.25) is 14.4 Å². The first-order valence-corrected chi connectivity index (χ1v) is 13.4. The number of nitrogens with zero attached hydrogens (tertiary/aromatic N) is 3. The van der Waals surface area contributed by atoms with Gasteiger partial charge in [0.25, 0.3) is 5.91 Å². The average Bonchev–Trinajstić information content (AvgIpc) is 3.45. The van der Waals surface area contributed by atoms with E-state index in [0.717, 1.165) is 21.7 Å². The van der Waals surface area contributed by atoms with Crippen molar-refractivity contribution >= 4 is 34.8 Å². The smallest absolute Gasteiger partial charge is 0.269 e. The van der Waals surface area contributed by atoms with Crippen molar-refractivity contribution in [3.63, 3.8) is 0 Å². The molecule has 0 spiro atoms. The second kappa shape index (κ2) is 12.1. The molecule has 1 aromatic carbocycles. The zero-order chi connectivity index (χ0) is 27.3. The molecule has 1 aliphatic rings. The van der Waals surface area contributed by atoms with Crippen molar-refractivity contribution in [3.8, 4) is 10.4 Å². The van der Waals surface area contributed by atoms with E-state index in [0.29, 0.717) is 13.0 Å². The zero-order valence-electron chi connectivity index (χ0n) is 22.2. The predicted molar refractivity (Wildman–Crippen MR) is 145 cm³/mol. The summed E-state index contributed by atoms with van der Waals surface area (Å²) in [6, 6.07) is 6.75. The molecule has 3 atom stereocenters. The van der Waals surface area contributed by atoms with Crippen LogP contribution >= 0.6 is 11.3 Å². The summed E-state index contributed by atoms with van der Waals surface area (Å²) in [5, 5.41) is 13.3. The van der Waals surface area contributed by atoms with Crippen molar-refractivity contribution in [2.24, 2.45) is 16.1 Å². The molecular formula is C27H37N5O4S. The number of amides is 3. The number of hydrogen-bond donors (Lipinski definition) is 3. The summed E-state index contributed by atoms with van der Waals surface area (Å²) >= 11 is 1.58. The van der Waals surface area contributed by atoms with E-state index in [-0.39, 0.29) is 37.0 Å². The molecule has 0 unspecified atom stereocenters. The maximum absolute atomic E-state index is 13.5. The van der Waals surface area contributed by atoms with Crippen LogP contribution in [-0.4, -0.2) is 63.7 Å². The minimum absolute atomic E-state index is 0.000286. The molecule has 10 heteroatoms. The summed E-state index contributed by atoms with van der Waals surface area (Å²) in [4.78, 5) is 50.0. The Hall–Kier alpha value is -2.95. The van der Waals surface area contributed by atoms with Crippen LogP contribution in [0.25, 0.3) is 10.4 Å². The lowest BCUT2D eigenvalue weighted by Gasteiger charge is -2.29. The molecule has 0 bridgehead atoms. The SMILES string of the molecule is Cc1ncsc1-c1ccc([C@H](C)NC(=O)[C@@H]2C[C@@H](O)CN2C(=O)C(=NC(=O)CCCN)C(C)(C)C)cc1. The fraction of sp³-hybridized carbons (Fsp3) is 0.519. The number of carbonyl (C=O) groups is 3. The van der Waals surface area contributed by atoms with Crippen molar-refractivity contribution in [1.82, 2.24) is 15.2 Å². The third kappa shape index (κ3) is 7.09.